The summed E-state index contributed by atoms with van der Waals surface area (Å²) in [6.07, 6.45) is -6.99. The summed E-state index contributed by atoms with van der Waals surface area (Å²) in [6, 6.07) is 10.8. The van der Waals surface area contributed by atoms with E-state index < -0.39 is 108 Å². The fourth-order valence-electron chi connectivity index (χ4n) is 10.6. The fraction of sp³-hybridized carbons (Fsp3) is 0.745. The van der Waals surface area contributed by atoms with Gasteiger partial charge in [0, 0.05) is 68.9 Å². The van der Waals surface area contributed by atoms with Crippen LogP contribution in [-0.4, -0.2) is 154 Å². The predicted octanol–water partition coefficient (Wildman–Crippen LogP) is 4.51. The minimum Gasteiger partial charge on any atom is -0.459 e. The quantitative estimate of drug-likeness (QED) is 0.216. The molecule has 4 unspecified atom stereocenters. The maximum atomic E-state index is 14.4. The normalized spacial score (nSPS) is 40.6. The second-order valence-electron chi connectivity index (χ2n) is 20.5. The first-order valence-corrected chi connectivity index (χ1v) is 24.0. The van der Waals surface area contributed by atoms with E-state index >= 15 is 0 Å². The molecule has 3 aliphatic heterocycles. The first kappa shape index (κ1) is 54.8. The minimum absolute atomic E-state index is 0.0726. The van der Waals surface area contributed by atoms with Crippen LogP contribution in [0.15, 0.2) is 47.4 Å². The van der Waals surface area contributed by atoms with Crippen molar-refractivity contribution in [3.63, 3.8) is 0 Å². The molecule has 3 aliphatic rings. The van der Waals surface area contributed by atoms with Gasteiger partial charge in [0.25, 0.3) is 5.56 Å². The second-order valence-corrected chi connectivity index (χ2v) is 20.5. The molecule has 3 fully saturated rings. The minimum atomic E-state index is -2.00. The fourth-order valence-corrected chi connectivity index (χ4v) is 10.6. The standard InChI is InChI=1S/C51H80N2O14/c1-15-38-51(11,60)44(57)31(5)41(55)29(3)25-50(10,62-14)46(32(6)43(33(7)47(59)65-38)66-40-26-49(9,61-13)45(58)34(8)64-40)67-48-42(56)37(24-30(4)63-48)52(12)23-22-35-17-19-36(20-18-35)53-27-28(2)16-21-39(53)54/h16-21,27,29-34,37-38,40,42-46,48,56-58,60H,15,22-26H2,1-14H3/t29-,30-,31?,32+,33-,34+,37+,38?,40?,42-,43-,44-,45+,46-,48?,49-,50+,51-/m1/s1. The number of hydrogen-bond donors (Lipinski definition) is 4. The number of nitrogens with zero attached hydrogens (tertiary/aromatic N) is 2. The highest BCUT2D eigenvalue weighted by Crippen LogP contribution is 2.42. The van der Waals surface area contributed by atoms with Crippen molar-refractivity contribution in [2.75, 3.05) is 27.8 Å². The first-order valence-electron chi connectivity index (χ1n) is 24.0. The van der Waals surface area contributed by atoms with Gasteiger partial charge < -0.3 is 58.5 Å². The Morgan fingerprint density at radius 1 is 0.836 bits per heavy atom. The molecule has 0 saturated carbocycles. The van der Waals surface area contributed by atoms with Crippen LogP contribution in [0.5, 0.6) is 0 Å². The smallest absolute Gasteiger partial charge is 0.311 e. The topological polar surface area (TPSA) is 205 Å². The highest BCUT2D eigenvalue weighted by molar-refractivity contribution is 5.83. The largest absolute Gasteiger partial charge is 0.459 e. The summed E-state index contributed by atoms with van der Waals surface area (Å²) in [7, 11) is 4.95. The second kappa shape index (κ2) is 22.3. The van der Waals surface area contributed by atoms with Crippen molar-refractivity contribution < 1.29 is 63.2 Å². The van der Waals surface area contributed by atoms with E-state index in [1.807, 2.05) is 58.3 Å². The van der Waals surface area contributed by atoms with Crippen molar-refractivity contribution in [3.05, 3.63) is 64.1 Å². The third-order valence-electron chi connectivity index (χ3n) is 15.2. The molecule has 0 radical (unpaired) electrons. The molecular formula is C51H80N2O14. The van der Waals surface area contributed by atoms with Crippen LogP contribution in [0.3, 0.4) is 0 Å². The van der Waals surface area contributed by atoms with E-state index in [4.69, 9.17) is 33.2 Å². The van der Waals surface area contributed by atoms with Crippen molar-refractivity contribution in [3.8, 4) is 5.69 Å². The summed E-state index contributed by atoms with van der Waals surface area (Å²) in [5, 5.41) is 46.7. The summed E-state index contributed by atoms with van der Waals surface area (Å²) >= 11 is 0. The van der Waals surface area contributed by atoms with E-state index in [0.717, 1.165) is 16.8 Å². The number of methoxy groups -OCH3 is 2. The molecule has 18 atom stereocenters. The summed E-state index contributed by atoms with van der Waals surface area (Å²) in [4.78, 5) is 43.3. The molecule has 0 spiro atoms. The van der Waals surface area contributed by atoms with Gasteiger partial charge in [-0.1, -0.05) is 45.9 Å². The average molecular weight is 945 g/mol. The molecule has 0 aliphatic carbocycles. The molecule has 67 heavy (non-hydrogen) atoms. The number of Topliss-reactive ketones (excluding diaryl/α,β-unsaturated/α-hetero) is 1. The zero-order valence-electron chi connectivity index (χ0n) is 42.2. The van der Waals surface area contributed by atoms with Crippen LogP contribution in [-0.2, 0) is 49.2 Å². The Bertz CT molecular complexity index is 2010. The summed E-state index contributed by atoms with van der Waals surface area (Å²) in [5.74, 6) is -4.70. The van der Waals surface area contributed by atoms with Crippen LogP contribution in [0, 0.1) is 30.6 Å². The number of ketones is 1. The number of hydrogen-bond acceptors (Lipinski definition) is 15. The number of aromatic nitrogens is 1. The van der Waals surface area contributed by atoms with Crippen molar-refractivity contribution in [1.82, 2.24) is 9.47 Å². The molecule has 4 heterocycles. The van der Waals surface area contributed by atoms with Crippen molar-refractivity contribution >= 4 is 11.8 Å². The van der Waals surface area contributed by atoms with E-state index in [1.54, 1.807) is 65.2 Å². The number of esters is 1. The lowest BCUT2D eigenvalue weighted by molar-refractivity contribution is -0.319. The van der Waals surface area contributed by atoms with Gasteiger partial charge in [-0.25, -0.2) is 0 Å². The number of rotatable bonds is 12. The molecular weight excluding hydrogens is 865 g/mol. The third-order valence-corrected chi connectivity index (χ3v) is 15.2. The Labute approximate surface area is 397 Å². The van der Waals surface area contributed by atoms with Crippen LogP contribution in [0.1, 0.15) is 106 Å². The van der Waals surface area contributed by atoms with Gasteiger partial charge in [-0.3, -0.25) is 19.0 Å². The first-order chi connectivity index (χ1) is 31.3. The number of aliphatic hydroxyl groups is 4. The van der Waals surface area contributed by atoms with Gasteiger partial charge in [-0.15, -0.1) is 0 Å². The maximum absolute atomic E-state index is 14.4. The molecule has 1 aromatic heterocycles. The lowest BCUT2D eigenvalue weighted by Crippen LogP contribution is -2.61. The third kappa shape index (κ3) is 12.1. The Morgan fingerprint density at radius 3 is 2.09 bits per heavy atom. The van der Waals surface area contributed by atoms with Gasteiger partial charge in [0.1, 0.15) is 29.7 Å². The monoisotopic (exact) mass is 945 g/mol. The van der Waals surface area contributed by atoms with Gasteiger partial charge in [0.05, 0.1) is 47.6 Å². The molecule has 16 heteroatoms. The number of carbonyl (C=O) groups is 2. The van der Waals surface area contributed by atoms with E-state index in [-0.39, 0.29) is 36.7 Å². The van der Waals surface area contributed by atoms with Gasteiger partial charge in [0.2, 0.25) is 0 Å². The Morgan fingerprint density at radius 2 is 1.48 bits per heavy atom. The van der Waals surface area contributed by atoms with E-state index in [1.165, 1.54) is 21.1 Å². The molecule has 3 saturated heterocycles. The number of pyridine rings is 1. The van der Waals surface area contributed by atoms with Crippen LogP contribution in [0.4, 0.5) is 0 Å². The van der Waals surface area contributed by atoms with Gasteiger partial charge >= 0.3 is 5.97 Å². The lowest BCUT2D eigenvalue weighted by Gasteiger charge is -2.50. The summed E-state index contributed by atoms with van der Waals surface area (Å²) in [6.45, 7) is 19.6. The molecule has 2 aromatic rings. The number of likely N-dealkylation sites (N-methyl/N-ethyl adjacent to an activating group) is 1. The highest BCUT2D eigenvalue weighted by atomic mass is 16.7. The van der Waals surface area contributed by atoms with E-state index in [2.05, 4.69) is 4.90 Å². The molecule has 16 nitrogen and oxygen atoms in total. The number of cyclic esters (lactones) is 1. The number of carbonyl (C=O) groups excluding carboxylic acids is 2. The number of aliphatic hydroxyl groups excluding tert-OH is 3. The molecule has 378 valence electrons. The van der Waals surface area contributed by atoms with Crippen LogP contribution in [0.25, 0.3) is 5.69 Å². The molecule has 4 N–H and O–H groups in total. The summed E-state index contributed by atoms with van der Waals surface area (Å²) in [5.41, 5.74) is -1.69. The number of ether oxygens (including phenoxy) is 7. The Hall–Kier alpha value is -3.13. The van der Waals surface area contributed by atoms with Gasteiger partial charge in [0.15, 0.2) is 12.6 Å². The highest BCUT2D eigenvalue weighted by Gasteiger charge is 2.54. The van der Waals surface area contributed by atoms with Crippen molar-refractivity contribution in [1.29, 1.82) is 0 Å². The molecule has 0 amide bonds. The lowest BCUT2D eigenvalue weighted by atomic mass is 9.74. The number of benzene rings is 1. The van der Waals surface area contributed by atoms with Gasteiger partial charge in [-0.05, 0) is 104 Å². The maximum Gasteiger partial charge on any atom is 0.311 e. The molecule has 0 bridgehead atoms. The molecule has 1 aromatic carbocycles. The Kier molecular flexibility index (Phi) is 18.2. The van der Waals surface area contributed by atoms with E-state index in [0.29, 0.717) is 19.4 Å². The molecule has 5 rings (SSSR count). The van der Waals surface area contributed by atoms with Crippen molar-refractivity contribution in [2.45, 2.75) is 193 Å². The SMILES string of the molecule is CCC1OC(=O)[C@H](C)[C@H](OC2C[C@@](C)(OC)[C@@H](O)[C@H](C)O2)[C@H](C)[C@@H](OC2O[C@H](C)C[C@H](N(C)CCc3ccc(-n4cc(C)ccc4=O)cc3)[C@H]2O)[C@@](C)(OC)C[C@@H](C)C(=O)C(C)[C@@H](O)[C@]1(C)O. The van der Waals surface area contributed by atoms with Crippen molar-refractivity contribution in [2.24, 2.45) is 23.7 Å². The van der Waals surface area contributed by atoms with E-state index in [9.17, 15) is 34.8 Å². The number of aryl methyl sites for hydroxylation is 1. The predicted molar refractivity (Wildman–Crippen MR) is 250 cm³/mol. The van der Waals surface area contributed by atoms with Crippen LogP contribution >= 0.6 is 0 Å². The van der Waals surface area contributed by atoms with Crippen LogP contribution < -0.4 is 5.56 Å². The Balaban J connectivity index is 1.50. The zero-order chi connectivity index (χ0) is 49.9. The average Bonchev–Trinajstić information content (AvgIpc) is 3.30. The zero-order valence-corrected chi connectivity index (χ0v) is 42.2. The summed E-state index contributed by atoms with van der Waals surface area (Å²) < 4.78 is 46.3. The van der Waals surface area contributed by atoms with Crippen LogP contribution in [0.2, 0.25) is 0 Å². The van der Waals surface area contributed by atoms with Gasteiger partial charge in [-0.2, -0.15) is 0 Å².